The number of allylic oxidation sites excluding steroid dienone is 3. The first-order chi connectivity index (χ1) is 12.1. The zero-order valence-corrected chi connectivity index (χ0v) is 16.4. The highest BCUT2D eigenvalue weighted by Gasteiger charge is 2.21. The smallest absolute Gasteiger partial charge is 0.312 e. The van der Waals surface area contributed by atoms with Crippen LogP contribution in [-0.2, 0) is 4.79 Å². The molecule has 1 N–H and O–H groups in total. The van der Waals surface area contributed by atoms with Crippen LogP contribution in [0.4, 0.5) is 0 Å². The quantitative estimate of drug-likeness (QED) is 0.280. The van der Waals surface area contributed by atoms with E-state index in [2.05, 4.69) is 23.7 Å². The van der Waals surface area contributed by atoms with Crippen LogP contribution in [0.2, 0.25) is 0 Å². The number of thiazole rings is 1. The Morgan fingerprint density at radius 2 is 1.76 bits per heavy atom. The van der Waals surface area contributed by atoms with Crippen LogP contribution in [0.15, 0.2) is 30.2 Å². The molecular formula is C21H33NO2S. The number of nitrogens with zero attached hydrogens (tertiary/aromatic N) is 1. The Labute approximate surface area is 156 Å². The summed E-state index contributed by atoms with van der Waals surface area (Å²) in [4.78, 5) is 15.8. The van der Waals surface area contributed by atoms with Gasteiger partial charge in [0.2, 0.25) is 0 Å². The van der Waals surface area contributed by atoms with Crippen molar-refractivity contribution in [2.45, 2.75) is 83.5 Å². The molecular weight excluding hydrogens is 330 g/mol. The van der Waals surface area contributed by atoms with Crippen LogP contribution in [-0.4, -0.2) is 16.1 Å². The van der Waals surface area contributed by atoms with Crippen molar-refractivity contribution in [1.82, 2.24) is 4.98 Å². The SMILES string of the molecule is C=CCCC=CCCCCCCCCCC(C(=O)O)c1csc(C)n1. The van der Waals surface area contributed by atoms with Crippen molar-refractivity contribution >= 4 is 17.3 Å². The summed E-state index contributed by atoms with van der Waals surface area (Å²) in [5.74, 6) is -1.18. The maximum absolute atomic E-state index is 11.4. The van der Waals surface area contributed by atoms with E-state index in [1.54, 1.807) is 0 Å². The highest BCUT2D eigenvalue weighted by atomic mass is 32.1. The summed E-state index contributed by atoms with van der Waals surface area (Å²) < 4.78 is 0. The van der Waals surface area contributed by atoms with Crippen molar-refractivity contribution in [3.8, 4) is 0 Å². The van der Waals surface area contributed by atoms with Crippen molar-refractivity contribution in [2.75, 3.05) is 0 Å². The van der Waals surface area contributed by atoms with E-state index < -0.39 is 11.9 Å². The first kappa shape index (κ1) is 21.6. The van der Waals surface area contributed by atoms with Crippen LogP contribution in [0, 0.1) is 6.92 Å². The second kappa shape index (κ2) is 13.8. The molecule has 0 bridgehead atoms. The maximum Gasteiger partial charge on any atom is 0.312 e. The molecule has 0 saturated heterocycles. The molecule has 25 heavy (non-hydrogen) atoms. The van der Waals surface area contributed by atoms with E-state index in [0.717, 1.165) is 36.4 Å². The zero-order chi connectivity index (χ0) is 18.3. The average Bonchev–Trinajstić information content (AvgIpc) is 3.01. The first-order valence-electron chi connectivity index (χ1n) is 9.56. The lowest BCUT2D eigenvalue weighted by Gasteiger charge is -2.09. The van der Waals surface area contributed by atoms with Gasteiger partial charge in [-0.2, -0.15) is 0 Å². The Kier molecular flexibility index (Phi) is 12.0. The molecule has 0 spiro atoms. The number of aromatic nitrogens is 1. The Hall–Kier alpha value is -1.42. The van der Waals surface area contributed by atoms with Gasteiger partial charge in [-0.05, 0) is 39.0 Å². The Morgan fingerprint density at radius 1 is 1.12 bits per heavy atom. The van der Waals surface area contributed by atoms with Crippen molar-refractivity contribution in [1.29, 1.82) is 0 Å². The minimum absolute atomic E-state index is 0.433. The summed E-state index contributed by atoms with van der Waals surface area (Å²) in [5, 5.41) is 12.2. The van der Waals surface area contributed by atoms with Crippen molar-refractivity contribution in [3.63, 3.8) is 0 Å². The van der Waals surface area contributed by atoms with Crippen LogP contribution in [0.1, 0.15) is 87.2 Å². The molecule has 0 amide bonds. The summed E-state index contributed by atoms with van der Waals surface area (Å²) >= 11 is 1.53. The number of carbonyl (C=O) groups is 1. The number of unbranched alkanes of at least 4 members (excludes halogenated alkanes) is 8. The lowest BCUT2D eigenvalue weighted by atomic mass is 9.98. The molecule has 1 atom stereocenters. The number of rotatable bonds is 15. The molecule has 140 valence electrons. The monoisotopic (exact) mass is 363 g/mol. The average molecular weight is 364 g/mol. The van der Waals surface area contributed by atoms with Crippen LogP contribution in [0.3, 0.4) is 0 Å². The molecule has 1 heterocycles. The lowest BCUT2D eigenvalue weighted by Crippen LogP contribution is -2.12. The van der Waals surface area contributed by atoms with E-state index in [1.165, 1.54) is 49.9 Å². The minimum Gasteiger partial charge on any atom is -0.481 e. The second-order valence-corrected chi connectivity index (χ2v) is 7.63. The van der Waals surface area contributed by atoms with Crippen molar-refractivity contribution in [3.05, 3.63) is 40.9 Å². The number of aryl methyl sites for hydroxylation is 1. The van der Waals surface area contributed by atoms with E-state index in [-0.39, 0.29) is 0 Å². The third kappa shape index (κ3) is 10.2. The normalized spacial score (nSPS) is 12.5. The molecule has 0 saturated carbocycles. The van der Waals surface area contributed by atoms with E-state index >= 15 is 0 Å². The summed E-state index contributed by atoms with van der Waals surface area (Å²) in [6.45, 7) is 5.64. The van der Waals surface area contributed by atoms with Gasteiger partial charge in [-0.1, -0.05) is 56.8 Å². The molecule has 0 fully saturated rings. The molecule has 0 aliphatic rings. The maximum atomic E-state index is 11.4. The largest absolute Gasteiger partial charge is 0.481 e. The predicted octanol–water partition coefficient (Wildman–Crippen LogP) is 6.65. The minimum atomic E-state index is -0.744. The predicted molar refractivity (Wildman–Crippen MR) is 107 cm³/mol. The van der Waals surface area contributed by atoms with Gasteiger partial charge in [0.25, 0.3) is 0 Å². The lowest BCUT2D eigenvalue weighted by molar-refractivity contribution is -0.139. The fraction of sp³-hybridized carbons (Fsp3) is 0.619. The summed E-state index contributed by atoms with van der Waals surface area (Å²) in [5.41, 5.74) is 0.733. The van der Waals surface area contributed by atoms with Gasteiger partial charge < -0.3 is 5.11 Å². The summed E-state index contributed by atoms with van der Waals surface area (Å²) in [6.07, 6.45) is 19.0. The number of aliphatic carboxylic acids is 1. The van der Waals surface area contributed by atoms with Gasteiger partial charge >= 0.3 is 5.97 Å². The van der Waals surface area contributed by atoms with Gasteiger partial charge in [0.15, 0.2) is 0 Å². The van der Waals surface area contributed by atoms with E-state index in [0.29, 0.717) is 6.42 Å². The highest BCUT2D eigenvalue weighted by Crippen LogP contribution is 2.24. The number of carboxylic acid groups (broad SMARTS) is 1. The zero-order valence-electron chi connectivity index (χ0n) is 15.6. The van der Waals surface area contributed by atoms with Gasteiger partial charge in [-0.25, -0.2) is 4.98 Å². The van der Waals surface area contributed by atoms with E-state index in [4.69, 9.17) is 0 Å². The molecule has 0 radical (unpaired) electrons. The molecule has 0 aliphatic heterocycles. The third-order valence-corrected chi connectivity index (χ3v) is 5.15. The molecule has 3 nitrogen and oxygen atoms in total. The molecule has 1 unspecified atom stereocenters. The van der Waals surface area contributed by atoms with Crippen LogP contribution < -0.4 is 0 Å². The van der Waals surface area contributed by atoms with Crippen molar-refractivity contribution in [2.24, 2.45) is 0 Å². The second-order valence-electron chi connectivity index (χ2n) is 6.57. The van der Waals surface area contributed by atoms with Gasteiger partial charge in [-0.3, -0.25) is 4.79 Å². The fourth-order valence-corrected chi connectivity index (χ4v) is 3.55. The van der Waals surface area contributed by atoms with Gasteiger partial charge in [0.1, 0.15) is 0 Å². The molecule has 1 aromatic heterocycles. The van der Waals surface area contributed by atoms with Crippen LogP contribution >= 0.6 is 11.3 Å². The number of hydrogen-bond donors (Lipinski definition) is 1. The van der Waals surface area contributed by atoms with E-state index in [9.17, 15) is 9.90 Å². The fourth-order valence-electron chi connectivity index (χ4n) is 2.88. The Morgan fingerprint density at radius 3 is 2.36 bits per heavy atom. The Balaban J connectivity index is 2.01. The van der Waals surface area contributed by atoms with Gasteiger partial charge in [-0.15, -0.1) is 17.9 Å². The van der Waals surface area contributed by atoms with E-state index in [1.807, 2.05) is 18.4 Å². The van der Waals surface area contributed by atoms with Crippen LogP contribution in [0.25, 0.3) is 0 Å². The number of carboxylic acids is 1. The van der Waals surface area contributed by atoms with Crippen molar-refractivity contribution < 1.29 is 9.90 Å². The van der Waals surface area contributed by atoms with Crippen LogP contribution in [0.5, 0.6) is 0 Å². The number of hydrogen-bond acceptors (Lipinski definition) is 3. The topological polar surface area (TPSA) is 50.2 Å². The first-order valence-corrected chi connectivity index (χ1v) is 10.4. The standard InChI is InChI=1S/C21H33NO2S/c1-3-4-5-6-7-8-9-10-11-12-13-14-15-16-19(21(23)24)20-17-25-18(2)22-20/h3,6-7,17,19H,1,4-5,8-16H2,2H3,(H,23,24). The highest BCUT2D eigenvalue weighted by molar-refractivity contribution is 7.09. The third-order valence-electron chi connectivity index (χ3n) is 4.36. The molecule has 1 rings (SSSR count). The molecule has 1 aromatic rings. The summed E-state index contributed by atoms with van der Waals surface area (Å²) in [6, 6.07) is 0. The molecule has 4 heteroatoms. The summed E-state index contributed by atoms with van der Waals surface area (Å²) in [7, 11) is 0. The Bertz CT molecular complexity index is 522. The van der Waals surface area contributed by atoms with Gasteiger partial charge in [0, 0.05) is 5.38 Å². The van der Waals surface area contributed by atoms with Gasteiger partial charge in [0.05, 0.1) is 16.6 Å². The molecule has 0 aliphatic carbocycles. The molecule has 0 aromatic carbocycles.